The molecule has 4 aromatic rings. The van der Waals surface area contributed by atoms with Gasteiger partial charge in [-0.3, -0.25) is 9.36 Å². The number of nitrogens with one attached hydrogen (secondary N) is 2. The molecule has 0 unspecified atom stereocenters. The number of aromatic hydroxyl groups is 1. The van der Waals surface area contributed by atoms with Crippen molar-refractivity contribution in [3.63, 3.8) is 0 Å². The number of nitrogens with zero attached hydrogens (tertiary/aromatic N) is 1. The van der Waals surface area contributed by atoms with E-state index in [1.165, 1.54) is 36.4 Å². The van der Waals surface area contributed by atoms with Crippen LogP contribution in [-0.2, 0) is 9.36 Å². The molecule has 13 heteroatoms. The number of aromatic nitrogens is 2. The van der Waals surface area contributed by atoms with Crippen LogP contribution >= 0.6 is 30.2 Å². The highest BCUT2D eigenvalue weighted by Gasteiger charge is 2.33. The average molecular weight is 667 g/mol. The molecular weight excluding hydrogens is 643 g/mol. The van der Waals surface area contributed by atoms with Gasteiger partial charge in [-0.2, -0.15) is 0 Å². The number of amides is 1. The van der Waals surface area contributed by atoms with Gasteiger partial charge in [-0.1, -0.05) is 37.3 Å². The third kappa shape index (κ3) is 6.77. The fraction of sp³-hybridized carbons (Fsp3) is 0.154. The predicted octanol–water partition coefficient (Wildman–Crippen LogP) is 4.79. The number of halogens is 2. The van der Waals surface area contributed by atoms with Crippen molar-refractivity contribution in [2.75, 3.05) is 11.7 Å². The zero-order valence-electron chi connectivity index (χ0n) is 20.4. The summed E-state index contributed by atoms with van der Waals surface area (Å²) in [5.41, 5.74) is 0.235. The molecule has 0 saturated carbocycles. The van der Waals surface area contributed by atoms with Gasteiger partial charge in [0.1, 0.15) is 23.3 Å². The van der Waals surface area contributed by atoms with E-state index in [1.54, 1.807) is 43.3 Å². The Morgan fingerprint density at radius 1 is 1.13 bits per heavy atom. The average Bonchev–Trinajstić information content (AvgIpc) is 3.18. The van der Waals surface area contributed by atoms with Crippen LogP contribution in [0.3, 0.4) is 0 Å². The zero-order chi connectivity index (χ0) is 28.3. The van der Waals surface area contributed by atoms with Crippen LogP contribution in [0.25, 0.3) is 11.3 Å². The normalized spacial score (nSPS) is 13.1. The van der Waals surface area contributed by atoms with Crippen LogP contribution in [0.4, 0.5) is 10.1 Å². The molecule has 0 spiro atoms. The standard InChI is InChI=1S/C26H24FIN3O7P/c1-15(16-5-3-2-4-6-16)23(24(32)29-21-12-9-18(28)13-20(21)27)31-25(33)22(30-26(31)34)17-7-10-19(11-8-17)38-14-39(35,36)37/h2-13,15,23,33H,14H2,1H3,(H,29,32)(H,30,34)(H2,35,36,37)/t15-,23-/m0/s1. The van der Waals surface area contributed by atoms with Gasteiger partial charge in [0, 0.05) is 15.1 Å². The molecule has 0 aliphatic rings. The smallest absolute Gasteiger partial charge is 0.362 e. The summed E-state index contributed by atoms with van der Waals surface area (Å²) in [6, 6.07) is 17.7. The summed E-state index contributed by atoms with van der Waals surface area (Å²) in [5.74, 6) is -2.33. The van der Waals surface area contributed by atoms with Gasteiger partial charge in [0.15, 0.2) is 6.35 Å². The molecule has 0 aliphatic heterocycles. The van der Waals surface area contributed by atoms with Crippen molar-refractivity contribution in [3.05, 3.63) is 98.2 Å². The van der Waals surface area contributed by atoms with Crippen molar-refractivity contribution in [3.8, 4) is 22.9 Å². The summed E-state index contributed by atoms with van der Waals surface area (Å²) in [5, 5.41) is 13.7. The van der Waals surface area contributed by atoms with Crippen molar-refractivity contribution < 1.29 is 33.4 Å². The van der Waals surface area contributed by atoms with Gasteiger partial charge in [0.25, 0.3) is 0 Å². The topological polar surface area (TPSA) is 154 Å². The third-order valence-corrected chi connectivity index (χ3v) is 7.12. The number of rotatable bonds is 9. The number of anilines is 1. The van der Waals surface area contributed by atoms with Gasteiger partial charge in [0.2, 0.25) is 11.8 Å². The number of aromatic amines is 1. The van der Waals surface area contributed by atoms with Crippen molar-refractivity contribution in [1.82, 2.24) is 9.55 Å². The molecule has 10 nitrogen and oxygen atoms in total. The van der Waals surface area contributed by atoms with E-state index in [-0.39, 0.29) is 17.1 Å². The van der Waals surface area contributed by atoms with E-state index in [9.17, 15) is 23.7 Å². The molecule has 4 rings (SSSR count). The first-order valence-electron chi connectivity index (χ1n) is 11.6. The van der Waals surface area contributed by atoms with E-state index in [2.05, 4.69) is 10.3 Å². The molecule has 0 aliphatic carbocycles. The van der Waals surface area contributed by atoms with Crippen LogP contribution in [0.15, 0.2) is 77.6 Å². The summed E-state index contributed by atoms with van der Waals surface area (Å²) < 4.78 is 32.2. The van der Waals surface area contributed by atoms with Gasteiger partial charge in [-0.05, 0) is 70.6 Å². The minimum absolute atomic E-state index is 0.0139. The Hall–Kier alpha value is -3.45. The summed E-state index contributed by atoms with van der Waals surface area (Å²) >= 11 is 1.95. The number of benzene rings is 3. The molecule has 1 heterocycles. The second-order valence-corrected chi connectivity index (χ2v) is 11.6. The molecule has 204 valence electrons. The van der Waals surface area contributed by atoms with E-state index in [1.807, 2.05) is 22.6 Å². The molecule has 39 heavy (non-hydrogen) atoms. The number of imidazole rings is 1. The van der Waals surface area contributed by atoms with Crippen LogP contribution in [0.2, 0.25) is 0 Å². The molecule has 1 amide bonds. The van der Waals surface area contributed by atoms with Crippen LogP contribution in [-0.4, -0.2) is 36.7 Å². The first-order chi connectivity index (χ1) is 18.4. The quantitative estimate of drug-likeness (QED) is 0.127. The molecule has 0 radical (unpaired) electrons. The lowest BCUT2D eigenvalue weighted by molar-refractivity contribution is -0.120. The fourth-order valence-electron chi connectivity index (χ4n) is 4.08. The van der Waals surface area contributed by atoms with E-state index >= 15 is 0 Å². The monoisotopic (exact) mass is 667 g/mol. The number of H-pyrrole nitrogens is 1. The van der Waals surface area contributed by atoms with Gasteiger partial charge < -0.3 is 29.9 Å². The summed E-state index contributed by atoms with van der Waals surface area (Å²) in [6.45, 7) is 1.72. The zero-order valence-corrected chi connectivity index (χ0v) is 23.5. The Bertz CT molecular complexity index is 1590. The van der Waals surface area contributed by atoms with Gasteiger partial charge in [0.05, 0.1) is 5.69 Å². The van der Waals surface area contributed by atoms with E-state index in [0.717, 1.165) is 4.57 Å². The lowest BCUT2D eigenvalue weighted by Crippen LogP contribution is -2.35. The van der Waals surface area contributed by atoms with Gasteiger partial charge in [-0.15, -0.1) is 0 Å². The predicted molar refractivity (Wildman–Crippen MR) is 151 cm³/mol. The summed E-state index contributed by atoms with van der Waals surface area (Å²) in [7, 11) is -4.37. The minimum atomic E-state index is -4.37. The van der Waals surface area contributed by atoms with Crippen molar-refractivity contribution in [2.45, 2.75) is 18.9 Å². The highest BCUT2D eigenvalue weighted by atomic mass is 127. The fourth-order valence-corrected chi connectivity index (χ4v) is 4.85. The van der Waals surface area contributed by atoms with Gasteiger partial charge >= 0.3 is 13.3 Å². The minimum Gasteiger partial charge on any atom is -0.493 e. The van der Waals surface area contributed by atoms with E-state index in [4.69, 9.17) is 14.5 Å². The van der Waals surface area contributed by atoms with Crippen LogP contribution < -0.4 is 15.7 Å². The van der Waals surface area contributed by atoms with E-state index < -0.39 is 49.2 Å². The first kappa shape index (κ1) is 28.6. The Morgan fingerprint density at radius 3 is 2.41 bits per heavy atom. The molecule has 2 atom stereocenters. The molecule has 5 N–H and O–H groups in total. The molecule has 0 bridgehead atoms. The second kappa shape index (κ2) is 11.7. The lowest BCUT2D eigenvalue weighted by Gasteiger charge is -2.25. The lowest BCUT2D eigenvalue weighted by atomic mass is 9.92. The molecule has 1 aromatic heterocycles. The molecule has 3 aromatic carbocycles. The number of carbonyl (C=O) groups excluding carboxylic acids is 1. The molecular formula is C26H24FIN3O7P. The number of hydrogen-bond donors (Lipinski definition) is 5. The molecule has 0 saturated heterocycles. The van der Waals surface area contributed by atoms with Crippen molar-refractivity contribution in [1.29, 1.82) is 0 Å². The van der Waals surface area contributed by atoms with Crippen LogP contribution in [0, 0.1) is 9.39 Å². The summed E-state index contributed by atoms with van der Waals surface area (Å²) in [6.07, 6.45) is -0.805. The third-order valence-electron chi connectivity index (χ3n) is 5.98. The molecule has 0 fully saturated rings. The van der Waals surface area contributed by atoms with Crippen LogP contribution in [0.5, 0.6) is 11.6 Å². The van der Waals surface area contributed by atoms with Crippen LogP contribution in [0.1, 0.15) is 24.4 Å². The number of ether oxygens (including phenoxy) is 1. The Morgan fingerprint density at radius 2 is 1.79 bits per heavy atom. The summed E-state index contributed by atoms with van der Waals surface area (Å²) in [4.78, 5) is 47.2. The van der Waals surface area contributed by atoms with Gasteiger partial charge in [-0.25, -0.2) is 13.8 Å². The maximum atomic E-state index is 14.5. The number of hydrogen-bond acceptors (Lipinski definition) is 5. The largest absolute Gasteiger partial charge is 0.493 e. The SMILES string of the molecule is C[C@@H](c1ccccc1)[C@@H](C(=O)Nc1ccc(I)cc1F)n1c(O)c(-c2ccc(OCP(=O)(O)O)cc2)[nH]c1=O. The Balaban J connectivity index is 1.72. The van der Waals surface area contributed by atoms with E-state index in [0.29, 0.717) is 14.7 Å². The van der Waals surface area contributed by atoms with Crippen molar-refractivity contribution >= 4 is 41.8 Å². The Kier molecular flexibility index (Phi) is 8.60. The maximum Gasteiger partial charge on any atom is 0.362 e. The maximum absolute atomic E-state index is 14.5. The number of carbonyl (C=O) groups is 1. The van der Waals surface area contributed by atoms with Crippen molar-refractivity contribution in [2.24, 2.45) is 0 Å². The Labute approximate surface area is 235 Å². The first-order valence-corrected chi connectivity index (χ1v) is 14.4. The highest BCUT2D eigenvalue weighted by Crippen LogP contribution is 2.37. The second-order valence-electron chi connectivity index (χ2n) is 8.72. The highest BCUT2D eigenvalue weighted by molar-refractivity contribution is 14.1.